The number of hydrogen-bond donors (Lipinski definition) is 1. The van der Waals surface area contributed by atoms with Gasteiger partial charge in [-0.1, -0.05) is 24.6 Å². The predicted octanol–water partition coefficient (Wildman–Crippen LogP) is 4.52. The zero-order chi connectivity index (χ0) is 12.5. The van der Waals surface area contributed by atoms with Crippen LogP contribution in [0.15, 0.2) is 29.2 Å². The smallest absolute Gasteiger partial charge is 0.324 e. The zero-order valence-electron chi connectivity index (χ0n) is 9.61. The molecule has 1 fully saturated rings. The number of hydrogen-bond acceptors (Lipinski definition) is 2. The topological polar surface area (TPSA) is 26.0 Å². The van der Waals surface area contributed by atoms with E-state index in [1.807, 2.05) is 0 Å². The molecule has 1 atom stereocenters. The van der Waals surface area contributed by atoms with Gasteiger partial charge in [0.15, 0.2) is 0 Å². The Morgan fingerprint density at radius 3 is 2.33 bits per heavy atom. The Balaban J connectivity index is 0.00000162. The molecule has 0 aromatic heterocycles. The van der Waals surface area contributed by atoms with Gasteiger partial charge in [-0.15, -0.1) is 12.4 Å². The molecule has 0 bridgehead atoms. The summed E-state index contributed by atoms with van der Waals surface area (Å²) >= 11 is -0.0723. The molecule has 2 N–H and O–H groups in total. The average Bonchev–Trinajstić information content (AvgIpc) is 2.13. The van der Waals surface area contributed by atoms with Gasteiger partial charge in [-0.05, 0) is 42.2 Å². The summed E-state index contributed by atoms with van der Waals surface area (Å²) in [4.78, 5) is 0.236. The van der Waals surface area contributed by atoms with E-state index in [4.69, 9.17) is 5.73 Å². The SMILES string of the molecule is Cl.N[C@H](c1ccccc1SC(F)(F)F)C1CCC1. The van der Waals surface area contributed by atoms with Gasteiger partial charge in [0.1, 0.15) is 0 Å². The van der Waals surface area contributed by atoms with E-state index in [0.29, 0.717) is 11.5 Å². The summed E-state index contributed by atoms with van der Waals surface area (Å²) in [7, 11) is 0. The number of thioether (sulfide) groups is 1. The quantitative estimate of drug-likeness (QED) is 0.830. The fraction of sp³-hybridized carbons (Fsp3) is 0.500. The first-order chi connectivity index (χ1) is 7.97. The lowest BCUT2D eigenvalue weighted by molar-refractivity contribution is -0.0328. The van der Waals surface area contributed by atoms with Crippen LogP contribution in [0.4, 0.5) is 13.2 Å². The molecule has 1 aliphatic rings. The molecule has 0 amide bonds. The maximum absolute atomic E-state index is 12.4. The lowest BCUT2D eigenvalue weighted by Crippen LogP contribution is -2.27. The van der Waals surface area contributed by atoms with Gasteiger partial charge in [-0.25, -0.2) is 0 Å². The number of nitrogens with two attached hydrogens (primary N) is 1. The maximum atomic E-state index is 12.4. The lowest BCUT2D eigenvalue weighted by Gasteiger charge is -2.32. The van der Waals surface area contributed by atoms with Gasteiger partial charge < -0.3 is 5.73 Å². The van der Waals surface area contributed by atoms with Crippen LogP contribution < -0.4 is 5.73 Å². The Kier molecular flexibility index (Phi) is 5.37. The number of benzene rings is 1. The molecule has 1 aliphatic carbocycles. The minimum Gasteiger partial charge on any atom is -0.324 e. The van der Waals surface area contributed by atoms with E-state index in [1.165, 1.54) is 6.07 Å². The Morgan fingerprint density at radius 1 is 1.22 bits per heavy atom. The van der Waals surface area contributed by atoms with E-state index in [0.717, 1.165) is 19.3 Å². The van der Waals surface area contributed by atoms with Crippen LogP contribution in [0, 0.1) is 5.92 Å². The zero-order valence-corrected chi connectivity index (χ0v) is 11.2. The first kappa shape index (κ1) is 15.7. The summed E-state index contributed by atoms with van der Waals surface area (Å²) in [5.41, 5.74) is 2.41. The third kappa shape index (κ3) is 3.80. The maximum Gasteiger partial charge on any atom is 0.446 e. The van der Waals surface area contributed by atoms with Crippen LogP contribution in [0.3, 0.4) is 0 Å². The monoisotopic (exact) mass is 297 g/mol. The second-order valence-electron chi connectivity index (χ2n) is 4.30. The van der Waals surface area contributed by atoms with E-state index in [-0.39, 0.29) is 35.1 Å². The fourth-order valence-electron chi connectivity index (χ4n) is 2.03. The van der Waals surface area contributed by atoms with Crippen molar-refractivity contribution in [2.24, 2.45) is 11.7 Å². The molecule has 102 valence electrons. The van der Waals surface area contributed by atoms with Crippen LogP contribution in [0.1, 0.15) is 30.9 Å². The van der Waals surface area contributed by atoms with Crippen molar-refractivity contribution in [1.82, 2.24) is 0 Å². The van der Waals surface area contributed by atoms with Crippen LogP contribution >= 0.6 is 24.2 Å². The van der Waals surface area contributed by atoms with E-state index in [9.17, 15) is 13.2 Å². The summed E-state index contributed by atoms with van der Waals surface area (Å²) in [5, 5.41) is 0. The largest absolute Gasteiger partial charge is 0.446 e. The van der Waals surface area contributed by atoms with Crippen molar-refractivity contribution >= 4 is 24.2 Å². The molecule has 0 radical (unpaired) electrons. The van der Waals surface area contributed by atoms with Crippen molar-refractivity contribution in [3.8, 4) is 0 Å². The summed E-state index contributed by atoms with van der Waals surface area (Å²) in [5.74, 6) is 0.338. The predicted molar refractivity (Wildman–Crippen MR) is 69.9 cm³/mol. The molecule has 1 nitrogen and oxygen atoms in total. The second kappa shape index (κ2) is 6.17. The molecule has 0 saturated heterocycles. The average molecular weight is 298 g/mol. The highest BCUT2D eigenvalue weighted by atomic mass is 35.5. The highest BCUT2D eigenvalue weighted by molar-refractivity contribution is 8.00. The molecule has 1 aromatic carbocycles. The molecule has 1 saturated carbocycles. The van der Waals surface area contributed by atoms with Crippen LogP contribution in [0.2, 0.25) is 0 Å². The molecule has 0 aliphatic heterocycles. The minimum absolute atomic E-state index is 0. The van der Waals surface area contributed by atoms with Gasteiger partial charge in [0, 0.05) is 10.9 Å². The van der Waals surface area contributed by atoms with E-state index in [1.54, 1.807) is 18.2 Å². The van der Waals surface area contributed by atoms with Crippen LogP contribution in [-0.4, -0.2) is 5.51 Å². The standard InChI is InChI=1S/C12H14F3NS.ClH/c13-12(14,15)17-10-7-2-1-6-9(10)11(16)8-4-3-5-8;/h1-2,6-8,11H,3-5,16H2;1H/t11-;/m0./s1. The fourth-order valence-corrected chi connectivity index (χ4v) is 2.74. The summed E-state index contributed by atoms with van der Waals surface area (Å²) in [6.07, 6.45) is 3.17. The van der Waals surface area contributed by atoms with Crippen LogP contribution in [0.5, 0.6) is 0 Å². The first-order valence-electron chi connectivity index (χ1n) is 5.57. The molecule has 0 spiro atoms. The van der Waals surface area contributed by atoms with Crippen molar-refractivity contribution in [1.29, 1.82) is 0 Å². The van der Waals surface area contributed by atoms with E-state index < -0.39 is 5.51 Å². The van der Waals surface area contributed by atoms with Crippen molar-refractivity contribution in [2.45, 2.75) is 35.7 Å². The lowest BCUT2D eigenvalue weighted by atomic mass is 9.77. The molecular formula is C12H15ClF3NS. The van der Waals surface area contributed by atoms with Crippen molar-refractivity contribution in [2.75, 3.05) is 0 Å². The molecule has 1 aromatic rings. The molecule has 6 heteroatoms. The molecule has 18 heavy (non-hydrogen) atoms. The van der Waals surface area contributed by atoms with Crippen molar-refractivity contribution in [3.05, 3.63) is 29.8 Å². The van der Waals surface area contributed by atoms with Crippen molar-refractivity contribution in [3.63, 3.8) is 0 Å². The van der Waals surface area contributed by atoms with Crippen molar-refractivity contribution < 1.29 is 13.2 Å². The molecule has 0 heterocycles. The van der Waals surface area contributed by atoms with Gasteiger partial charge in [0.2, 0.25) is 0 Å². The summed E-state index contributed by atoms with van der Waals surface area (Å²) in [6, 6.07) is 6.29. The molecule has 0 unspecified atom stereocenters. The number of alkyl halides is 3. The van der Waals surface area contributed by atoms with Gasteiger partial charge in [0.25, 0.3) is 0 Å². The summed E-state index contributed by atoms with van der Waals surface area (Å²) in [6.45, 7) is 0. The Hall–Kier alpha value is -0.390. The highest BCUT2D eigenvalue weighted by Gasteiger charge is 2.33. The van der Waals surface area contributed by atoms with Gasteiger partial charge >= 0.3 is 5.51 Å². The second-order valence-corrected chi connectivity index (χ2v) is 5.41. The molecular weight excluding hydrogens is 283 g/mol. The normalized spacial score (nSPS) is 17.8. The third-order valence-corrected chi connectivity index (χ3v) is 3.98. The third-order valence-electron chi connectivity index (χ3n) is 3.16. The highest BCUT2D eigenvalue weighted by Crippen LogP contribution is 2.43. The Bertz CT molecular complexity index is 393. The summed E-state index contributed by atoms with van der Waals surface area (Å²) < 4.78 is 37.2. The van der Waals surface area contributed by atoms with Gasteiger partial charge in [0.05, 0.1) is 0 Å². The Morgan fingerprint density at radius 2 is 1.83 bits per heavy atom. The number of rotatable bonds is 3. The van der Waals surface area contributed by atoms with Crippen LogP contribution in [-0.2, 0) is 0 Å². The first-order valence-corrected chi connectivity index (χ1v) is 6.39. The van der Waals surface area contributed by atoms with E-state index >= 15 is 0 Å². The van der Waals surface area contributed by atoms with E-state index in [2.05, 4.69) is 0 Å². The minimum atomic E-state index is -4.25. The van der Waals surface area contributed by atoms with Gasteiger partial charge in [-0.2, -0.15) is 13.2 Å². The molecule has 2 rings (SSSR count). The number of halogens is 4. The van der Waals surface area contributed by atoms with Gasteiger partial charge in [-0.3, -0.25) is 0 Å². The Labute approximate surface area is 115 Å². The van der Waals surface area contributed by atoms with Crippen LogP contribution in [0.25, 0.3) is 0 Å².